The predicted molar refractivity (Wildman–Crippen MR) is 37.3 cm³/mol. The van der Waals surface area contributed by atoms with Crippen molar-refractivity contribution in [2.45, 2.75) is 6.42 Å². The quantitative estimate of drug-likeness (QED) is 0.577. The molecule has 0 N–H and O–H groups in total. The van der Waals surface area contributed by atoms with E-state index >= 15 is 0 Å². The third kappa shape index (κ3) is 1.08. The van der Waals surface area contributed by atoms with E-state index in [9.17, 15) is 0 Å². The van der Waals surface area contributed by atoms with Crippen molar-refractivity contribution in [3.63, 3.8) is 0 Å². The summed E-state index contributed by atoms with van der Waals surface area (Å²) in [6.45, 7) is 3.56. The van der Waals surface area contributed by atoms with E-state index in [4.69, 9.17) is 9.68 Å². The fourth-order valence-electron chi connectivity index (χ4n) is 0.750. The number of allylic oxidation sites excluding steroid dienone is 1. The SMILES string of the molecule is C=CCc1ccoc1C#N. The summed E-state index contributed by atoms with van der Waals surface area (Å²) in [5.41, 5.74) is 0.900. The molecule has 0 spiro atoms. The highest BCUT2D eigenvalue weighted by Gasteiger charge is 2.00. The van der Waals surface area contributed by atoms with Gasteiger partial charge in [0.05, 0.1) is 6.26 Å². The van der Waals surface area contributed by atoms with E-state index < -0.39 is 0 Å². The molecule has 1 aromatic rings. The van der Waals surface area contributed by atoms with E-state index in [0.29, 0.717) is 12.2 Å². The molecule has 2 heteroatoms. The van der Waals surface area contributed by atoms with Gasteiger partial charge in [-0.15, -0.1) is 6.58 Å². The maximum atomic E-state index is 8.46. The first-order valence-corrected chi connectivity index (χ1v) is 2.96. The molecule has 0 fully saturated rings. The zero-order valence-corrected chi connectivity index (χ0v) is 5.50. The Morgan fingerprint density at radius 3 is 3.20 bits per heavy atom. The number of nitriles is 1. The van der Waals surface area contributed by atoms with Crippen LogP contribution in [0.3, 0.4) is 0 Å². The molecule has 0 atom stereocenters. The molecule has 0 aliphatic carbocycles. The second-order valence-electron chi connectivity index (χ2n) is 1.88. The summed E-state index contributed by atoms with van der Waals surface area (Å²) in [7, 11) is 0. The Hall–Kier alpha value is -1.49. The lowest BCUT2D eigenvalue weighted by Crippen LogP contribution is -1.78. The van der Waals surface area contributed by atoms with E-state index in [1.54, 1.807) is 12.1 Å². The number of hydrogen-bond acceptors (Lipinski definition) is 2. The molecule has 1 rings (SSSR count). The number of furan rings is 1. The predicted octanol–water partition coefficient (Wildman–Crippen LogP) is 1.88. The summed E-state index contributed by atoms with van der Waals surface area (Å²) in [6.07, 6.45) is 3.95. The Morgan fingerprint density at radius 1 is 1.80 bits per heavy atom. The average Bonchev–Trinajstić information content (AvgIpc) is 2.36. The van der Waals surface area contributed by atoms with Crippen molar-refractivity contribution in [3.05, 3.63) is 36.3 Å². The first kappa shape index (κ1) is 6.63. The van der Waals surface area contributed by atoms with Crippen LogP contribution in [-0.4, -0.2) is 0 Å². The molecule has 0 saturated heterocycles. The van der Waals surface area contributed by atoms with Crippen molar-refractivity contribution >= 4 is 0 Å². The normalized spacial score (nSPS) is 8.70. The highest BCUT2D eigenvalue weighted by Crippen LogP contribution is 2.09. The minimum Gasteiger partial charge on any atom is -0.454 e. The molecule has 0 unspecified atom stereocenters. The van der Waals surface area contributed by atoms with Crippen LogP contribution in [0.4, 0.5) is 0 Å². The first-order chi connectivity index (χ1) is 4.88. The summed E-state index contributed by atoms with van der Waals surface area (Å²) in [6, 6.07) is 3.72. The van der Waals surface area contributed by atoms with Crippen LogP contribution >= 0.6 is 0 Å². The molecule has 0 aliphatic rings. The van der Waals surface area contributed by atoms with Crippen molar-refractivity contribution in [2.75, 3.05) is 0 Å². The molecule has 0 saturated carbocycles. The fraction of sp³-hybridized carbons (Fsp3) is 0.125. The van der Waals surface area contributed by atoms with Crippen molar-refractivity contribution in [1.29, 1.82) is 5.26 Å². The molecule has 1 aromatic heterocycles. The summed E-state index contributed by atoms with van der Waals surface area (Å²) in [4.78, 5) is 0. The molecule has 2 nitrogen and oxygen atoms in total. The van der Waals surface area contributed by atoms with E-state index in [1.807, 2.05) is 6.07 Å². The summed E-state index contributed by atoms with van der Waals surface area (Å²) in [5, 5.41) is 8.46. The van der Waals surface area contributed by atoms with E-state index in [-0.39, 0.29) is 0 Å². The van der Waals surface area contributed by atoms with Crippen molar-refractivity contribution < 1.29 is 4.42 Å². The molecular formula is C8H7NO. The van der Waals surface area contributed by atoms with Gasteiger partial charge in [0.2, 0.25) is 5.76 Å². The lowest BCUT2D eigenvalue weighted by molar-refractivity contribution is 0.550. The summed E-state index contributed by atoms with van der Waals surface area (Å²) >= 11 is 0. The second-order valence-corrected chi connectivity index (χ2v) is 1.88. The van der Waals surface area contributed by atoms with Crippen LogP contribution in [-0.2, 0) is 6.42 Å². The van der Waals surface area contributed by atoms with Crippen LogP contribution in [0.1, 0.15) is 11.3 Å². The van der Waals surface area contributed by atoms with Gasteiger partial charge in [-0.05, 0) is 12.5 Å². The minimum atomic E-state index is 0.389. The van der Waals surface area contributed by atoms with Crippen LogP contribution in [0.2, 0.25) is 0 Å². The average molecular weight is 133 g/mol. The highest BCUT2D eigenvalue weighted by molar-refractivity contribution is 5.29. The molecule has 0 aliphatic heterocycles. The number of rotatable bonds is 2. The van der Waals surface area contributed by atoms with Gasteiger partial charge in [-0.3, -0.25) is 0 Å². The van der Waals surface area contributed by atoms with E-state index in [2.05, 4.69) is 6.58 Å². The Morgan fingerprint density at radius 2 is 2.60 bits per heavy atom. The van der Waals surface area contributed by atoms with Gasteiger partial charge >= 0.3 is 0 Å². The molecule has 0 radical (unpaired) electrons. The number of nitrogens with zero attached hydrogens (tertiary/aromatic N) is 1. The van der Waals surface area contributed by atoms with E-state index in [0.717, 1.165) is 5.56 Å². The summed E-state index contributed by atoms with van der Waals surface area (Å²) < 4.78 is 4.86. The molecule has 1 heterocycles. The largest absolute Gasteiger partial charge is 0.454 e. The lowest BCUT2D eigenvalue weighted by Gasteiger charge is -1.85. The maximum Gasteiger partial charge on any atom is 0.206 e. The van der Waals surface area contributed by atoms with Crippen LogP contribution in [0.5, 0.6) is 0 Å². The topological polar surface area (TPSA) is 36.9 Å². The van der Waals surface area contributed by atoms with Crippen LogP contribution < -0.4 is 0 Å². The zero-order chi connectivity index (χ0) is 7.40. The Kier molecular flexibility index (Phi) is 1.91. The van der Waals surface area contributed by atoms with Gasteiger partial charge in [0.15, 0.2) is 0 Å². The van der Waals surface area contributed by atoms with Gasteiger partial charge < -0.3 is 4.42 Å². The standard InChI is InChI=1S/C8H7NO/c1-2-3-7-4-5-10-8(7)6-9/h2,4-5H,1,3H2. The molecule has 10 heavy (non-hydrogen) atoms. The smallest absolute Gasteiger partial charge is 0.206 e. The Bertz CT molecular complexity index is 267. The monoisotopic (exact) mass is 133 g/mol. The third-order valence-corrected chi connectivity index (χ3v) is 1.21. The van der Waals surface area contributed by atoms with Crippen molar-refractivity contribution in [2.24, 2.45) is 0 Å². The second kappa shape index (κ2) is 2.88. The zero-order valence-electron chi connectivity index (χ0n) is 5.50. The molecule has 0 bridgehead atoms. The minimum absolute atomic E-state index is 0.389. The molecular weight excluding hydrogens is 126 g/mol. The van der Waals surface area contributed by atoms with Gasteiger partial charge in [-0.2, -0.15) is 5.26 Å². The van der Waals surface area contributed by atoms with Crippen LogP contribution in [0.25, 0.3) is 0 Å². The van der Waals surface area contributed by atoms with Gasteiger partial charge in [-0.1, -0.05) is 6.08 Å². The first-order valence-electron chi connectivity index (χ1n) is 2.96. The lowest BCUT2D eigenvalue weighted by atomic mass is 10.2. The Balaban J connectivity index is 2.92. The van der Waals surface area contributed by atoms with Gasteiger partial charge in [-0.25, -0.2) is 0 Å². The van der Waals surface area contributed by atoms with Crippen molar-refractivity contribution in [3.8, 4) is 6.07 Å². The van der Waals surface area contributed by atoms with Gasteiger partial charge in [0.1, 0.15) is 6.07 Å². The number of hydrogen-bond donors (Lipinski definition) is 0. The van der Waals surface area contributed by atoms with Gasteiger partial charge in [0.25, 0.3) is 0 Å². The van der Waals surface area contributed by atoms with Crippen LogP contribution in [0.15, 0.2) is 29.4 Å². The van der Waals surface area contributed by atoms with Crippen molar-refractivity contribution in [1.82, 2.24) is 0 Å². The van der Waals surface area contributed by atoms with Crippen LogP contribution in [0, 0.1) is 11.3 Å². The highest BCUT2D eigenvalue weighted by atomic mass is 16.3. The van der Waals surface area contributed by atoms with Gasteiger partial charge in [0, 0.05) is 5.56 Å². The third-order valence-electron chi connectivity index (χ3n) is 1.21. The Labute approximate surface area is 59.4 Å². The molecule has 0 amide bonds. The molecule has 50 valence electrons. The fourth-order valence-corrected chi connectivity index (χ4v) is 0.750. The van der Waals surface area contributed by atoms with E-state index in [1.165, 1.54) is 6.26 Å². The maximum absolute atomic E-state index is 8.46. The molecule has 0 aromatic carbocycles. The summed E-state index contributed by atoms with van der Waals surface area (Å²) in [5.74, 6) is 0.389.